The highest BCUT2D eigenvalue weighted by Crippen LogP contribution is 2.28. The molecule has 1 heterocycles. The van der Waals surface area contributed by atoms with Crippen LogP contribution in [0.15, 0.2) is 53.3 Å². The Labute approximate surface area is 160 Å². The lowest BCUT2D eigenvalue weighted by Crippen LogP contribution is -2.29. The van der Waals surface area contributed by atoms with Gasteiger partial charge in [0.1, 0.15) is 17.4 Å². The maximum atomic E-state index is 13.0. The molecule has 3 aromatic rings. The maximum Gasteiger partial charge on any atom is 0.296 e. The Hall–Kier alpha value is -3.68. The molecule has 0 saturated heterocycles. The molecule has 144 valence electrons. The van der Waals surface area contributed by atoms with Crippen LogP contribution in [0.2, 0.25) is 0 Å². The molecule has 0 bridgehead atoms. The molecule has 8 heteroatoms. The summed E-state index contributed by atoms with van der Waals surface area (Å²) < 4.78 is 19.4. The molecule has 0 aliphatic rings. The largest absolute Gasteiger partial charge is 0.501 e. The summed E-state index contributed by atoms with van der Waals surface area (Å²) >= 11 is 0. The molecular weight excluding hydrogens is 365 g/mol. The smallest absolute Gasteiger partial charge is 0.296 e. The first-order valence-electron chi connectivity index (χ1n) is 8.38. The lowest BCUT2D eigenvalue weighted by Gasteiger charge is -2.14. The number of aromatic nitrogens is 2. The molecule has 0 atom stereocenters. The minimum absolute atomic E-state index is 0.0828. The van der Waals surface area contributed by atoms with Gasteiger partial charge in [0.2, 0.25) is 5.75 Å². The van der Waals surface area contributed by atoms with Crippen LogP contribution in [0.1, 0.15) is 16.1 Å². The van der Waals surface area contributed by atoms with Gasteiger partial charge in [-0.2, -0.15) is 0 Å². The predicted octanol–water partition coefficient (Wildman–Crippen LogP) is 2.23. The number of para-hydroxylation sites is 1. The lowest BCUT2D eigenvalue weighted by atomic mass is 10.1. The molecule has 0 unspecified atom stereocenters. The highest BCUT2D eigenvalue weighted by atomic mass is 19.1. The van der Waals surface area contributed by atoms with Gasteiger partial charge in [0.25, 0.3) is 11.5 Å². The molecule has 1 amide bonds. The molecule has 1 aromatic heterocycles. The summed E-state index contributed by atoms with van der Waals surface area (Å²) in [6, 6.07) is 12.5. The van der Waals surface area contributed by atoms with Gasteiger partial charge >= 0.3 is 0 Å². The Morgan fingerprint density at radius 3 is 2.57 bits per heavy atom. The second kappa shape index (κ2) is 7.91. The van der Waals surface area contributed by atoms with Gasteiger partial charge in [-0.1, -0.05) is 24.3 Å². The zero-order valence-electron chi connectivity index (χ0n) is 15.3. The van der Waals surface area contributed by atoms with Gasteiger partial charge in [0.05, 0.1) is 12.7 Å². The van der Waals surface area contributed by atoms with Crippen molar-refractivity contribution in [2.24, 2.45) is 7.05 Å². The summed E-state index contributed by atoms with van der Waals surface area (Å²) in [5, 5.41) is 12.7. The van der Waals surface area contributed by atoms with Gasteiger partial charge in [-0.05, 0) is 29.8 Å². The van der Waals surface area contributed by atoms with Crippen molar-refractivity contribution in [2.45, 2.75) is 6.54 Å². The van der Waals surface area contributed by atoms with E-state index in [0.29, 0.717) is 16.9 Å². The van der Waals surface area contributed by atoms with Crippen LogP contribution < -0.4 is 15.6 Å². The minimum Gasteiger partial charge on any atom is -0.501 e. The first-order valence-corrected chi connectivity index (χ1v) is 8.38. The van der Waals surface area contributed by atoms with Gasteiger partial charge < -0.3 is 15.2 Å². The number of ether oxygens (including phenoxy) is 1. The molecule has 0 fully saturated rings. The molecule has 7 nitrogen and oxygen atoms in total. The molecule has 0 saturated carbocycles. The zero-order valence-corrected chi connectivity index (χ0v) is 15.3. The molecule has 0 spiro atoms. The normalized spacial score (nSPS) is 10.5. The van der Waals surface area contributed by atoms with Crippen molar-refractivity contribution in [1.82, 2.24) is 14.9 Å². The molecule has 2 aromatic carbocycles. The number of nitrogens with zero attached hydrogens (tertiary/aromatic N) is 2. The van der Waals surface area contributed by atoms with Gasteiger partial charge in [-0.15, -0.1) is 0 Å². The maximum absolute atomic E-state index is 13.0. The fourth-order valence-electron chi connectivity index (χ4n) is 2.69. The van der Waals surface area contributed by atoms with Gasteiger partial charge in [-0.3, -0.25) is 14.2 Å². The van der Waals surface area contributed by atoms with Crippen LogP contribution in [-0.2, 0) is 13.6 Å². The highest BCUT2D eigenvalue weighted by Gasteiger charge is 2.22. The van der Waals surface area contributed by atoms with Crippen LogP contribution in [0.3, 0.4) is 0 Å². The van der Waals surface area contributed by atoms with E-state index in [0.717, 1.165) is 4.57 Å². The summed E-state index contributed by atoms with van der Waals surface area (Å²) in [5.74, 6) is -1.23. The SMILES string of the molecule is COc1ccccc1-c1nc(C(=O)NCc2ccc(F)cc2)c(O)c(=O)n1C. The summed E-state index contributed by atoms with van der Waals surface area (Å²) in [7, 11) is 2.92. The number of carbonyl (C=O) groups is 1. The van der Waals surface area contributed by atoms with E-state index in [1.807, 2.05) is 0 Å². The quantitative estimate of drug-likeness (QED) is 0.705. The number of nitrogens with one attached hydrogen (secondary N) is 1. The summed E-state index contributed by atoms with van der Waals surface area (Å²) in [6.45, 7) is 0.0828. The summed E-state index contributed by atoms with van der Waals surface area (Å²) in [4.78, 5) is 29.1. The number of benzene rings is 2. The van der Waals surface area contributed by atoms with Crippen molar-refractivity contribution in [3.8, 4) is 22.9 Å². The van der Waals surface area contributed by atoms with E-state index in [-0.39, 0.29) is 18.2 Å². The van der Waals surface area contributed by atoms with Gasteiger partial charge in [-0.25, -0.2) is 9.37 Å². The van der Waals surface area contributed by atoms with Crippen LogP contribution in [-0.4, -0.2) is 27.7 Å². The van der Waals surface area contributed by atoms with Crippen molar-refractivity contribution in [2.75, 3.05) is 7.11 Å². The first-order chi connectivity index (χ1) is 13.4. The molecule has 2 N–H and O–H groups in total. The molecule has 0 aliphatic carbocycles. The molecule has 3 rings (SSSR count). The average Bonchev–Trinajstić information content (AvgIpc) is 2.71. The first kappa shape index (κ1) is 19.1. The predicted molar refractivity (Wildman–Crippen MR) is 101 cm³/mol. The summed E-state index contributed by atoms with van der Waals surface area (Å²) in [5.41, 5.74) is -0.00540. The standard InChI is InChI=1S/C20H18FN3O4/c1-24-18(14-5-3-4-6-15(14)28-2)23-16(17(25)20(24)27)19(26)22-11-12-7-9-13(21)10-8-12/h3-10,25H,11H2,1-2H3,(H,22,26). The van der Waals surface area contributed by atoms with Crippen molar-refractivity contribution < 1.29 is 19.0 Å². The number of rotatable bonds is 5. The second-order valence-corrected chi connectivity index (χ2v) is 6.01. The third kappa shape index (κ3) is 3.71. The zero-order chi connectivity index (χ0) is 20.3. The second-order valence-electron chi connectivity index (χ2n) is 6.01. The number of methoxy groups -OCH3 is 1. The van der Waals surface area contributed by atoms with Crippen molar-refractivity contribution >= 4 is 5.91 Å². The van der Waals surface area contributed by atoms with E-state index in [4.69, 9.17) is 4.74 Å². The Bertz CT molecular complexity index is 1080. The van der Waals surface area contributed by atoms with Crippen molar-refractivity contribution in [3.63, 3.8) is 0 Å². The van der Waals surface area contributed by atoms with E-state index in [9.17, 15) is 19.1 Å². The Balaban J connectivity index is 1.97. The lowest BCUT2D eigenvalue weighted by molar-refractivity contribution is 0.0942. The van der Waals surface area contributed by atoms with Gasteiger partial charge in [0, 0.05) is 13.6 Å². The van der Waals surface area contributed by atoms with Crippen molar-refractivity contribution in [3.05, 3.63) is 76.0 Å². The van der Waals surface area contributed by atoms with Crippen LogP contribution in [0.25, 0.3) is 11.4 Å². The minimum atomic E-state index is -0.761. The third-order valence-electron chi connectivity index (χ3n) is 4.20. The van der Waals surface area contributed by atoms with Gasteiger partial charge in [0.15, 0.2) is 5.69 Å². The molecule has 0 aliphatic heterocycles. The van der Waals surface area contributed by atoms with Crippen molar-refractivity contribution in [1.29, 1.82) is 0 Å². The highest BCUT2D eigenvalue weighted by molar-refractivity contribution is 5.95. The fraction of sp³-hybridized carbons (Fsp3) is 0.150. The monoisotopic (exact) mass is 383 g/mol. The van der Waals surface area contributed by atoms with Crippen LogP contribution in [0.5, 0.6) is 11.5 Å². The fourth-order valence-corrected chi connectivity index (χ4v) is 2.69. The van der Waals surface area contributed by atoms with E-state index in [2.05, 4.69) is 10.3 Å². The Kier molecular flexibility index (Phi) is 5.39. The Morgan fingerprint density at radius 2 is 1.89 bits per heavy atom. The van der Waals surface area contributed by atoms with E-state index < -0.39 is 22.9 Å². The molecule has 0 radical (unpaired) electrons. The number of halogens is 1. The van der Waals surface area contributed by atoms with E-state index in [1.54, 1.807) is 24.3 Å². The Morgan fingerprint density at radius 1 is 1.21 bits per heavy atom. The van der Waals surface area contributed by atoms with E-state index in [1.165, 1.54) is 38.4 Å². The number of amides is 1. The molecule has 28 heavy (non-hydrogen) atoms. The third-order valence-corrected chi connectivity index (χ3v) is 4.20. The summed E-state index contributed by atoms with van der Waals surface area (Å²) in [6.07, 6.45) is 0. The average molecular weight is 383 g/mol. The number of aromatic hydroxyl groups is 1. The topological polar surface area (TPSA) is 93.5 Å². The van der Waals surface area contributed by atoms with Crippen LogP contribution in [0, 0.1) is 5.82 Å². The molecular formula is C20H18FN3O4. The van der Waals surface area contributed by atoms with E-state index >= 15 is 0 Å². The number of hydrogen-bond acceptors (Lipinski definition) is 5. The number of carbonyl (C=O) groups excluding carboxylic acids is 1. The number of hydrogen-bond donors (Lipinski definition) is 2. The van der Waals surface area contributed by atoms with Crippen LogP contribution >= 0.6 is 0 Å². The van der Waals surface area contributed by atoms with Crippen LogP contribution in [0.4, 0.5) is 4.39 Å².